The lowest BCUT2D eigenvalue weighted by Gasteiger charge is -2.23. The molecular formula is C12H15BrN2O3. The van der Waals surface area contributed by atoms with Gasteiger partial charge in [-0.05, 0) is 12.1 Å². The van der Waals surface area contributed by atoms with Crippen molar-refractivity contribution in [2.75, 3.05) is 32.2 Å². The fraction of sp³-hybridized carbons (Fsp3) is 0.417. The van der Waals surface area contributed by atoms with Gasteiger partial charge in [0.1, 0.15) is 11.8 Å². The van der Waals surface area contributed by atoms with E-state index in [2.05, 4.69) is 26.6 Å². The van der Waals surface area contributed by atoms with Gasteiger partial charge in [-0.15, -0.1) is 0 Å². The number of morpholine rings is 1. The molecule has 1 amide bonds. The molecule has 0 aromatic heterocycles. The standard InChI is InChI=1S/C12H15BrN2O3/c1-17-10-5-8(13)4-9(6-10)15-12(16)11-7-18-3-2-14-11/h4-6,11,14H,2-3,7H2,1H3,(H,15,16). The molecule has 1 aromatic rings. The number of carbonyl (C=O) groups is 1. The summed E-state index contributed by atoms with van der Waals surface area (Å²) in [5, 5.41) is 5.94. The van der Waals surface area contributed by atoms with Crippen LogP contribution >= 0.6 is 15.9 Å². The van der Waals surface area contributed by atoms with Crippen molar-refractivity contribution in [2.45, 2.75) is 6.04 Å². The van der Waals surface area contributed by atoms with Gasteiger partial charge < -0.3 is 20.1 Å². The van der Waals surface area contributed by atoms with Gasteiger partial charge >= 0.3 is 0 Å². The molecular weight excluding hydrogens is 300 g/mol. The van der Waals surface area contributed by atoms with Crippen LogP contribution in [0, 0.1) is 0 Å². The predicted octanol–water partition coefficient (Wildman–Crippen LogP) is 1.38. The Morgan fingerprint density at radius 2 is 2.39 bits per heavy atom. The maximum Gasteiger partial charge on any atom is 0.243 e. The Kier molecular flexibility index (Phi) is 4.57. The molecule has 1 aromatic carbocycles. The van der Waals surface area contributed by atoms with Gasteiger partial charge in [-0.3, -0.25) is 4.79 Å². The summed E-state index contributed by atoms with van der Waals surface area (Å²) in [4.78, 5) is 12.0. The summed E-state index contributed by atoms with van der Waals surface area (Å²) in [5.41, 5.74) is 0.693. The third kappa shape index (κ3) is 3.44. The highest BCUT2D eigenvalue weighted by Gasteiger charge is 2.21. The molecule has 1 aliphatic rings. The van der Waals surface area contributed by atoms with Gasteiger partial charge in [-0.2, -0.15) is 0 Å². The van der Waals surface area contributed by atoms with Crippen molar-refractivity contribution in [1.29, 1.82) is 0 Å². The molecule has 98 valence electrons. The third-order valence-corrected chi connectivity index (χ3v) is 3.07. The number of methoxy groups -OCH3 is 1. The van der Waals surface area contributed by atoms with Gasteiger partial charge in [0.15, 0.2) is 0 Å². The van der Waals surface area contributed by atoms with E-state index in [1.807, 2.05) is 12.1 Å². The van der Waals surface area contributed by atoms with Crippen LogP contribution in [0.4, 0.5) is 5.69 Å². The van der Waals surface area contributed by atoms with Crippen molar-refractivity contribution in [2.24, 2.45) is 0 Å². The molecule has 2 N–H and O–H groups in total. The summed E-state index contributed by atoms with van der Waals surface area (Å²) in [6, 6.07) is 5.12. The summed E-state index contributed by atoms with van der Waals surface area (Å²) >= 11 is 3.37. The summed E-state index contributed by atoms with van der Waals surface area (Å²) in [7, 11) is 1.59. The first-order valence-electron chi connectivity index (χ1n) is 5.65. The van der Waals surface area contributed by atoms with Gasteiger partial charge in [-0.25, -0.2) is 0 Å². The van der Waals surface area contributed by atoms with Gasteiger partial charge in [0.25, 0.3) is 0 Å². The Labute approximate surface area is 114 Å². The van der Waals surface area contributed by atoms with E-state index in [-0.39, 0.29) is 11.9 Å². The van der Waals surface area contributed by atoms with Gasteiger partial charge in [-0.1, -0.05) is 15.9 Å². The fourth-order valence-corrected chi connectivity index (χ4v) is 2.19. The van der Waals surface area contributed by atoms with E-state index in [9.17, 15) is 4.79 Å². The van der Waals surface area contributed by atoms with Crippen LogP contribution in [-0.2, 0) is 9.53 Å². The first-order chi connectivity index (χ1) is 8.69. The first kappa shape index (κ1) is 13.3. The number of ether oxygens (including phenoxy) is 2. The number of hydrogen-bond donors (Lipinski definition) is 2. The van der Waals surface area contributed by atoms with Crippen molar-refractivity contribution in [1.82, 2.24) is 5.32 Å². The number of benzene rings is 1. The summed E-state index contributed by atoms with van der Waals surface area (Å²) in [5.74, 6) is 0.586. The molecule has 18 heavy (non-hydrogen) atoms. The van der Waals surface area contributed by atoms with Crippen LogP contribution in [0.15, 0.2) is 22.7 Å². The van der Waals surface area contributed by atoms with E-state index in [1.54, 1.807) is 13.2 Å². The SMILES string of the molecule is COc1cc(Br)cc(NC(=O)C2COCCN2)c1. The zero-order valence-electron chi connectivity index (χ0n) is 10.0. The second-order valence-electron chi connectivity index (χ2n) is 3.95. The molecule has 0 saturated carbocycles. The van der Waals surface area contributed by atoms with Crippen LogP contribution in [0.2, 0.25) is 0 Å². The Morgan fingerprint density at radius 3 is 3.06 bits per heavy atom. The molecule has 5 nitrogen and oxygen atoms in total. The number of halogens is 1. The van der Waals surface area contributed by atoms with Crippen LogP contribution in [0.1, 0.15) is 0 Å². The van der Waals surface area contributed by atoms with Crippen LogP contribution in [0.25, 0.3) is 0 Å². The topological polar surface area (TPSA) is 59.6 Å². The Hall–Kier alpha value is -1.11. The third-order valence-electron chi connectivity index (χ3n) is 2.61. The second kappa shape index (κ2) is 6.17. The van der Waals surface area contributed by atoms with E-state index in [4.69, 9.17) is 9.47 Å². The Bertz CT molecular complexity index is 433. The highest BCUT2D eigenvalue weighted by atomic mass is 79.9. The lowest BCUT2D eigenvalue weighted by atomic mass is 10.2. The fourth-order valence-electron chi connectivity index (χ4n) is 1.72. The molecule has 0 radical (unpaired) electrons. The second-order valence-corrected chi connectivity index (χ2v) is 4.87. The van der Waals surface area contributed by atoms with Gasteiger partial charge in [0.05, 0.1) is 20.3 Å². The molecule has 0 bridgehead atoms. The monoisotopic (exact) mass is 314 g/mol. The maximum absolute atomic E-state index is 12.0. The molecule has 1 unspecified atom stereocenters. The lowest BCUT2D eigenvalue weighted by Crippen LogP contribution is -2.48. The number of amides is 1. The highest BCUT2D eigenvalue weighted by Crippen LogP contribution is 2.24. The van der Waals surface area contributed by atoms with E-state index < -0.39 is 0 Å². The predicted molar refractivity (Wildman–Crippen MR) is 71.9 cm³/mol. The minimum atomic E-state index is -0.302. The van der Waals surface area contributed by atoms with Crippen LogP contribution < -0.4 is 15.4 Å². The smallest absolute Gasteiger partial charge is 0.243 e. The van der Waals surface area contributed by atoms with E-state index in [0.29, 0.717) is 31.2 Å². The zero-order valence-corrected chi connectivity index (χ0v) is 11.6. The number of nitrogens with one attached hydrogen (secondary N) is 2. The Balaban J connectivity index is 2.03. The van der Waals surface area contributed by atoms with Crippen molar-refractivity contribution in [3.05, 3.63) is 22.7 Å². The number of anilines is 1. The van der Waals surface area contributed by atoms with Crippen LogP contribution in [-0.4, -0.2) is 38.8 Å². The minimum absolute atomic E-state index is 0.102. The largest absolute Gasteiger partial charge is 0.497 e. The summed E-state index contributed by atoms with van der Waals surface area (Å²) < 4.78 is 11.2. The van der Waals surface area contributed by atoms with Crippen molar-refractivity contribution in [3.63, 3.8) is 0 Å². The van der Waals surface area contributed by atoms with Crippen LogP contribution in [0.5, 0.6) is 5.75 Å². The molecule has 0 aliphatic carbocycles. The van der Waals surface area contributed by atoms with Crippen molar-refractivity contribution < 1.29 is 14.3 Å². The van der Waals surface area contributed by atoms with E-state index in [1.165, 1.54) is 0 Å². The summed E-state index contributed by atoms with van der Waals surface area (Å²) in [6.07, 6.45) is 0. The Morgan fingerprint density at radius 1 is 1.56 bits per heavy atom. The number of hydrogen-bond acceptors (Lipinski definition) is 4. The molecule has 1 atom stereocenters. The number of carbonyl (C=O) groups excluding carboxylic acids is 1. The highest BCUT2D eigenvalue weighted by molar-refractivity contribution is 9.10. The first-order valence-corrected chi connectivity index (χ1v) is 6.45. The molecule has 0 spiro atoms. The molecule has 6 heteroatoms. The molecule has 1 fully saturated rings. The van der Waals surface area contributed by atoms with E-state index in [0.717, 1.165) is 4.47 Å². The number of rotatable bonds is 3. The average Bonchev–Trinajstić information content (AvgIpc) is 2.39. The van der Waals surface area contributed by atoms with Crippen molar-refractivity contribution in [3.8, 4) is 5.75 Å². The summed E-state index contributed by atoms with van der Waals surface area (Å²) in [6.45, 7) is 1.74. The maximum atomic E-state index is 12.0. The quantitative estimate of drug-likeness (QED) is 0.885. The zero-order chi connectivity index (χ0) is 13.0. The minimum Gasteiger partial charge on any atom is -0.497 e. The molecule has 1 heterocycles. The average molecular weight is 315 g/mol. The molecule has 1 saturated heterocycles. The molecule has 1 aliphatic heterocycles. The lowest BCUT2D eigenvalue weighted by molar-refractivity contribution is -0.120. The van der Waals surface area contributed by atoms with Gasteiger partial charge in [0, 0.05) is 22.8 Å². The normalized spacial score (nSPS) is 19.3. The van der Waals surface area contributed by atoms with E-state index >= 15 is 0 Å². The van der Waals surface area contributed by atoms with Crippen molar-refractivity contribution >= 4 is 27.5 Å². The molecule has 2 rings (SSSR count). The van der Waals surface area contributed by atoms with Crippen LogP contribution in [0.3, 0.4) is 0 Å². The van der Waals surface area contributed by atoms with Gasteiger partial charge in [0.2, 0.25) is 5.91 Å².